The van der Waals surface area contributed by atoms with Gasteiger partial charge in [-0.2, -0.15) is 5.26 Å². The molecule has 0 fully saturated rings. The van der Waals surface area contributed by atoms with E-state index in [2.05, 4.69) is 10.6 Å². The number of carbonyl (C=O) groups is 1. The molecule has 2 rings (SSSR count). The van der Waals surface area contributed by atoms with Gasteiger partial charge in [-0.25, -0.2) is 13.6 Å². The molecule has 0 unspecified atom stereocenters. The minimum absolute atomic E-state index is 0.292. The van der Waals surface area contributed by atoms with Gasteiger partial charge in [-0.1, -0.05) is 11.6 Å². The fraction of sp³-hybridized carbons (Fsp3) is 0. The Kier molecular flexibility index (Phi) is 4.36. The van der Waals surface area contributed by atoms with Crippen LogP contribution >= 0.6 is 11.6 Å². The number of hydrogen-bond acceptors (Lipinski definition) is 2. The molecular weight excluding hydrogens is 300 g/mol. The van der Waals surface area contributed by atoms with Crippen molar-refractivity contribution in [2.45, 2.75) is 0 Å². The Hall–Kier alpha value is -2.65. The van der Waals surface area contributed by atoms with Gasteiger partial charge < -0.3 is 10.6 Å². The highest BCUT2D eigenvalue weighted by Gasteiger charge is 2.15. The molecule has 7 heteroatoms. The molecule has 0 heterocycles. The average Bonchev–Trinajstić information content (AvgIpc) is 2.45. The maximum absolute atomic E-state index is 13.8. The molecule has 2 aromatic rings. The van der Waals surface area contributed by atoms with Gasteiger partial charge >= 0.3 is 6.03 Å². The van der Waals surface area contributed by atoms with Crippen LogP contribution in [-0.2, 0) is 0 Å². The maximum atomic E-state index is 13.8. The standard InChI is InChI=1S/C14H8ClF2N3O/c15-8-1-3-9(4-2-8)19-14(21)20-12-6-5-11(16)10(7-18)13(12)17/h1-6H,(H2,19,20,21). The molecule has 0 spiro atoms. The summed E-state index contributed by atoms with van der Waals surface area (Å²) in [4.78, 5) is 11.7. The molecule has 0 aliphatic carbocycles. The average molecular weight is 308 g/mol. The van der Waals surface area contributed by atoms with Crippen molar-refractivity contribution in [3.63, 3.8) is 0 Å². The third kappa shape index (κ3) is 3.46. The minimum atomic E-state index is -1.12. The van der Waals surface area contributed by atoms with Crippen LogP contribution in [0.4, 0.5) is 25.0 Å². The zero-order valence-electron chi connectivity index (χ0n) is 10.5. The largest absolute Gasteiger partial charge is 0.323 e. The lowest BCUT2D eigenvalue weighted by Crippen LogP contribution is -2.20. The summed E-state index contributed by atoms with van der Waals surface area (Å²) in [5, 5.41) is 13.8. The second-order valence-corrected chi connectivity index (χ2v) is 4.42. The predicted molar refractivity (Wildman–Crippen MR) is 75.2 cm³/mol. The first kappa shape index (κ1) is 14.8. The first-order valence-corrected chi connectivity index (χ1v) is 6.10. The van der Waals surface area contributed by atoms with Gasteiger partial charge in [0.15, 0.2) is 5.82 Å². The lowest BCUT2D eigenvalue weighted by molar-refractivity contribution is 0.262. The van der Waals surface area contributed by atoms with Crippen molar-refractivity contribution in [1.82, 2.24) is 0 Å². The number of nitrogens with zero attached hydrogens (tertiary/aromatic N) is 1. The lowest BCUT2D eigenvalue weighted by Gasteiger charge is -2.09. The topological polar surface area (TPSA) is 64.9 Å². The summed E-state index contributed by atoms with van der Waals surface area (Å²) in [5.74, 6) is -2.11. The molecule has 0 aliphatic heterocycles. The molecule has 2 aromatic carbocycles. The summed E-state index contributed by atoms with van der Waals surface area (Å²) < 4.78 is 26.9. The van der Waals surface area contributed by atoms with E-state index in [1.165, 1.54) is 6.07 Å². The van der Waals surface area contributed by atoms with Gasteiger partial charge in [0.2, 0.25) is 0 Å². The van der Waals surface area contributed by atoms with Crippen molar-refractivity contribution in [2.24, 2.45) is 0 Å². The van der Waals surface area contributed by atoms with Gasteiger partial charge in [-0.3, -0.25) is 0 Å². The number of anilines is 2. The highest BCUT2D eigenvalue weighted by Crippen LogP contribution is 2.21. The van der Waals surface area contributed by atoms with Crippen LogP contribution in [0.5, 0.6) is 0 Å². The molecule has 4 nitrogen and oxygen atoms in total. The zero-order chi connectivity index (χ0) is 15.4. The zero-order valence-corrected chi connectivity index (χ0v) is 11.2. The Labute approximate surface area is 124 Å². The number of nitrogens with one attached hydrogen (secondary N) is 2. The maximum Gasteiger partial charge on any atom is 0.323 e. The van der Waals surface area contributed by atoms with Crippen molar-refractivity contribution in [3.8, 4) is 6.07 Å². The van der Waals surface area contributed by atoms with Crippen molar-refractivity contribution >= 4 is 29.0 Å². The van der Waals surface area contributed by atoms with Gasteiger partial charge in [0.25, 0.3) is 0 Å². The van der Waals surface area contributed by atoms with E-state index in [1.807, 2.05) is 0 Å². The summed E-state index contributed by atoms with van der Waals surface area (Å²) in [6.45, 7) is 0. The SMILES string of the molecule is N#Cc1c(F)ccc(NC(=O)Nc2ccc(Cl)cc2)c1F. The van der Waals surface area contributed by atoms with Crippen molar-refractivity contribution in [3.05, 3.63) is 58.6 Å². The molecule has 21 heavy (non-hydrogen) atoms. The fourth-order valence-corrected chi connectivity index (χ4v) is 1.70. The van der Waals surface area contributed by atoms with Gasteiger partial charge in [0.05, 0.1) is 5.69 Å². The Balaban J connectivity index is 2.13. The minimum Gasteiger partial charge on any atom is -0.308 e. The summed E-state index contributed by atoms with van der Waals surface area (Å²) in [5.41, 5.74) is -0.598. The molecule has 0 saturated carbocycles. The van der Waals surface area contributed by atoms with Crippen molar-refractivity contribution in [2.75, 3.05) is 10.6 Å². The summed E-state index contributed by atoms with van der Waals surface area (Å²) in [7, 11) is 0. The lowest BCUT2D eigenvalue weighted by atomic mass is 10.2. The smallest absolute Gasteiger partial charge is 0.308 e. The van der Waals surface area contributed by atoms with Gasteiger partial charge in [0, 0.05) is 10.7 Å². The monoisotopic (exact) mass is 307 g/mol. The van der Waals surface area contributed by atoms with E-state index in [0.29, 0.717) is 10.7 Å². The first-order valence-electron chi connectivity index (χ1n) is 5.73. The summed E-state index contributed by atoms with van der Waals surface area (Å²) in [6.07, 6.45) is 0. The van der Waals surface area contributed by atoms with E-state index in [-0.39, 0.29) is 5.69 Å². The molecular formula is C14H8ClF2N3O. The Morgan fingerprint density at radius 3 is 2.38 bits per heavy atom. The molecule has 0 bridgehead atoms. The van der Waals surface area contributed by atoms with Crippen LogP contribution < -0.4 is 10.6 Å². The predicted octanol–water partition coefficient (Wildman–Crippen LogP) is 4.13. The third-order valence-electron chi connectivity index (χ3n) is 2.55. The molecule has 0 saturated heterocycles. The number of hydrogen-bond donors (Lipinski definition) is 2. The van der Waals surface area contributed by atoms with Crippen LogP contribution in [-0.4, -0.2) is 6.03 Å². The molecule has 0 atom stereocenters. The fourth-order valence-electron chi connectivity index (χ4n) is 1.57. The number of nitriles is 1. The molecule has 106 valence electrons. The van der Waals surface area contributed by atoms with Gasteiger partial charge in [-0.05, 0) is 36.4 Å². The van der Waals surface area contributed by atoms with Crippen molar-refractivity contribution < 1.29 is 13.6 Å². The summed E-state index contributed by atoms with van der Waals surface area (Å²) in [6, 6.07) is 8.87. The molecule has 0 aliphatic rings. The first-order chi connectivity index (χ1) is 10.0. The second kappa shape index (κ2) is 6.20. The van der Waals surface area contributed by atoms with Crippen LogP contribution in [0.3, 0.4) is 0 Å². The molecule has 2 N–H and O–H groups in total. The van der Waals surface area contributed by atoms with Gasteiger partial charge in [0.1, 0.15) is 17.4 Å². The van der Waals surface area contributed by atoms with Gasteiger partial charge in [-0.15, -0.1) is 0 Å². The normalized spacial score (nSPS) is 9.81. The number of urea groups is 1. The Morgan fingerprint density at radius 1 is 1.10 bits per heavy atom. The number of carbonyl (C=O) groups excluding carboxylic acids is 1. The van der Waals surface area contributed by atoms with E-state index in [0.717, 1.165) is 12.1 Å². The summed E-state index contributed by atoms with van der Waals surface area (Å²) >= 11 is 5.70. The number of halogens is 3. The molecule has 0 aromatic heterocycles. The van der Waals surface area contributed by atoms with E-state index in [1.54, 1.807) is 24.3 Å². The van der Waals surface area contributed by atoms with E-state index in [9.17, 15) is 13.6 Å². The number of rotatable bonds is 2. The van der Waals surface area contributed by atoms with E-state index < -0.39 is 23.2 Å². The van der Waals surface area contributed by atoms with Crippen LogP contribution in [0.15, 0.2) is 36.4 Å². The Morgan fingerprint density at radius 2 is 1.76 bits per heavy atom. The second-order valence-electron chi connectivity index (χ2n) is 3.98. The third-order valence-corrected chi connectivity index (χ3v) is 2.81. The highest BCUT2D eigenvalue weighted by molar-refractivity contribution is 6.30. The van der Waals surface area contributed by atoms with Crippen molar-refractivity contribution in [1.29, 1.82) is 5.26 Å². The highest BCUT2D eigenvalue weighted by atomic mass is 35.5. The molecule has 2 amide bonds. The number of amides is 2. The number of benzene rings is 2. The Bertz CT molecular complexity index is 726. The van der Waals surface area contributed by atoms with Crippen LogP contribution in [0.2, 0.25) is 5.02 Å². The van der Waals surface area contributed by atoms with Crippen LogP contribution in [0.25, 0.3) is 0 Å². The van der Waals surface area contributed by atoms with E-state index in [4.69, 9.17) is 16.9 Å². The van der Waals surface area contributed by atoms with Crippen LogP contribution in [0.1, 0.15) is 5.56 Å². The van der Waals surface area contributed by atoms with Crippen LogP contribution in [0, 0.1) is 23.0 Å². The quantitative estimate of drug-likeness (QED) is 0.876. The molecule has 0 radical (unpaired) electrons. The van der Waals surface area contributed by atoms with E-state index >= 15 is 0 Å².